The maximum absolute atomic E-state index is 12.0. The molecule has 4 aromatic carbocycles. The normalized spacial score (nSPS) is 20.5. The van der Waals surface area contributed by atoms with Gasteiger partial charge in [-0.1, -0.05) is 123 Å². The number of benzene rings is 4. The summed E-state index contributed by atoms with van der Waals surface area (Å²) >= 11 is 0. The second kappa shape index (κ2) is 16.7. The maximum Gasteiger partial charge on any atom is 0.407 e. The van der Waals surface area contributed by atoms with E-state index in [4.69, 9.17) is 14.2 Å². The first-order valence-electron chi connectivity index (χ1n) is 16.4. The highest BCUT2D eigenvalue weighted by Gasteiger charge is 2.39. The Morgan fingerprint density at radius 3 is 2.31 bits per heavy atom. The van der Waals surface area contributed by atoms with Gasteiger partial charge in [0.2, 0.25) is 0 Å². The van der Waals surface area contributed by atoms with Gasteiger partial charge in [0.05, 0.1) is 24.9 Å². The van der Waals surface area contributed by atoms with E-state index in [-0.39, 0.29) is 37.4 Å². The lowest BCUT2D eigenvalue weighted by molar-refractivity contribution is -0.276. The van der Waals surface area contributed by atoms with Crippen molar-refractivity contribution in [1.29, 1.82) is 0 Å². The van der Waals surface area contributed by atoms with Crippen molar-refractivity contribution in [3.8, 4) is 11.1 Å². The van der Waals surface area contributed by atoms with E-state index < -0.39 is 18.5 Å². The van der Waals surface area contributed by atoms with Gasteiger partial charge in [0.25, 0.3) is 0 Å². The summed E-state index contributed by atoms with van der Waals surface area (Å²) in [5, 5.41) is 23.5. The molecule has 5 rings (SSSR count). The monoisotopic (exact) mass is 650 g/mol. The summed E-state index contributed by atoms with van der Waals surface area (Å²) in [5.41, 5.74) is 6.58. The van der Waals surface area contributed by atoms with E-state index >= 15 is 0 Å². The van der Waals surface area contributed by atoms with Crippen molar-refractivity contribution in [1.82, 2.24) is 10.2 Å². The second-order valence-electron chi connectivity index (χ2n) is 12.4. The minimum Gasteiger partial charge on any atom is -0.445 e. The van der Waals surface area contributed by atoms with Crippen LogP contribution in [0.4, 0.5) is 4.79 Å². The number of hydrogen-bond donors (Lipinski definition) is 3. The van der Waals surface area contributed by atoms with Gasteiger partial charge in [0, 0.05) is 30.6 Å². The molecule has 0 radical (unpaired) electrons. The Bertz CT molecular complexity index is 1610. The van der Waals surface area contributed by atoms with Gasteiger partial charge < -0.3 is 29.7 Å². The number of carbonyl (C=O) groups excluding carboxylic acids is 1. The molecule has 48 heavy (non-hydrogen) atoms. The molecule has 8 heteroatoms. The highest BCUT2D eigenvalue weighted by Crippen LogP contribution is 2.42. The van der Waals surface area contributed by atoms with Gasteiger partial charge in [0.15, 0.2) is 6.29 Å². The fraction of sp³-hybridized carbons (Fsp3) is 0.325. The number of aliphatic hydroxyl groups excluding tert-OH is 2. The predicted molar refractivity (Wildman–Crippen MR) is 187 cm³/mol. The molecule has 0 saturated carbocycles. The number of ether oxygens (including phenoxy) is 3. The standard InChI is InChI=1S/C40H46N2O6/c1-5-23-46-40(45)41-24-34-13-9-10-14-35(34)30-19-21-33(22-20-30)39-47-36(25-42(4)28(3)37(44)31-11-7-6-8-12-31)27(2)38(48-39)32-17-15-29(26-43)16-18-32/h5-22,27-28,36-39,43-44H,1,23-26H2,2-4H3,(H,41,45)/t27-,28+,36+,37+,38+,39+/m0/s1. The number of alkyl carbamates (subject to hydrolysis) is 1. The lowest BCUT2D eigenvalue weighted by atomic mass is 9.89. The molecule has 0 spiro atoms. The lowest BCUT2D eigenvalue weighted by Crippen LogP contribution is -2.46. The first kappa shape index (κ1) is 35.0. The molecule has 0 bridgehead atoms. The summed E-state index contributed by atoms with van der Waals surface area (Å²) in [7, 11) is 2.02. The van der Waals surface area contributed by atoms with Crippen LogP contribution in [0.3, 0.4) is 0 Å². The lowest BCUT2D eigenvalue weighted by Gasteiger charge is -2.43. The van der Waals surface area contributed by atoms with Gasteiger partial charge in [-0.25, -0.2) is 4.79 Å². The van der Waals surface area contributed by atoms with E-state index in [1.165, 1.54) is 6.08 Å². The van der Waals surface area contributed by atoms with E-state index in [9.17, 15) is 15.0 Å². The van der Waals surface area contributed by atoms with Crippen LogP contribution in [0.25, 0.3) is 11.1 Å². The Hall–Kier alpha value is -4.31. The van der Waals surface area contributed by atoms with Crippen molar-refractivity contribution >= 4 is 6.09 Å². The number of amides is 1. The third-order valence-electron chi connectivity index (χ3n) is 9.15. The van der Waals surface area contributed by atoms with Gasteiger partial charge >= 0.3 is 6.09 Å². The fourth-order valence-electron chi connectivity index (χ4n) is 6.08. The highest BCUT2D eigenvalue weighted by atomic mass is 16.7. The number of carbonyl (C=O) groups is 1. The number of likely N-dealkylation sites (N-methyl/N-ethyl adjacent to an activating group) is 1. The van der Waals surface area contributed by atoms with E-state index in [1.807, 2.05) is 117 Å². The van der Waals surface area contributed by atoms with Crippen molar-refractivity contribution < 1.29 is 29.2 Å². The first-order valence-corrected chi connectivity index (χ1v) is 16.4. The molecular weight excluding hydrogens is 604 g/mol. The largest absolute Gasteiger partial charge is 0.445 e. The van der Waals surface area contributed by atoms with Crippen LogP contribution < -0.4 is 5.32 Å². The summed E-state index contributed by atoms with van der Waals surface area (Å²) in [4.78, 5) is 14.2. The van der Waals surface area contributed by atoms with E-state index in [0.29, 0.717) is 13.1 Å². The minimum absolute atomic E-state index is 0.00145. The van der Waals surface area contributed by atoms with E-state index in [2.05, 4.69) is 23.7 Å². The third kappa shape index (κ3) is 8.58. The number of rotatable bonds is 13. The molecule has 4 aromatic rings. The van der Waals surface area contributed by atoms with E-state index in [1.54, 1.807) is 0 Å². The van der Waals surface area contributed by atoms with E-state index in [0.717, 1.165) is 38.9 Å². The summed E-state index contributed by atoms with van der Waals surface area (Å²) < 4.78 is 18.4. The van der Waals surface area contributed by atoms with Crippen LogP contribution in [0.1, 0.15) is 60.2 Å². The molecule has 6 atom stereocenters. The Kier molecular flexibility index (Phi) is 12.2. The van der Waals surface area contributed by atoms with Crippen molar-refractivity contribution in [3.63, 3.8) is 0 Å². The highest BCUT2D eigenvalue weighted by molar-refractivity contribution is 5.70. The SMILES string of the molecule is C=CCOC(=O)NCc1ccccc1-c1ccc([C@@H]2O[C@H](CN(C)[C@H](C)[C@@H](O)c3ccccc3)[C@H](C)[C@H](c3ccc(CO)cc3)O2)cc1. The van der Waals surface area contributed by atoms with Crippen LogP contribution in [0.15, 0.2) is 116 Å². The number of nitrogens with one attached hydrogen (secondary N) is 1. The molecule has 3 N–H and O–H groups in total. The smallest absolute Gasteiger partial charge is 0.407 e. The van der Waals surface area contributed by atoms with Crippen molar-refractivity contribution in [2.45, 2.75) is 57.6 Å². The van der Waals surface area contributed by atoms with Crippen molar-refractivity contribution in [2.24, 2.45) is 5.92 Å². The molecule has 1 amide bonds. The average Bonchev–Trinajstić information content (AvgIpc) is 3.13. The summed E-state index contributed by atoms with van der Waals surface area (Å²) in [5.74, 6) is 0.00145. The van der Waals surface area contributed by atoms with Gasteiger partial charge in [-0.2, -0.15) is 0 Å². The molecular formula is C40H46N2O6. The van der Waals surface area contributed by atoms with Gasteiger partial charge in [-0.3, -0.25) is 4.90 Å². The van der Waals surface area contributed by atoms with Crippen LogP contribution >= 0.6 is 0 Å². The van der Waals surface area contributed by atoms with Gasteiger partial charge in [0.1, 0.15) is 6.61 Å². The first-order chi connectivity index (χ1) is 23.3. The molecule has 0 unspecified atom stereocenters. The molecule has 1 saturated heterocycles. The molecule has 8 nitrogen and oxygen atoms in total. The van der Waals surface area contributed by atoms with Gasteiger partial charge in [-0.05, 0) is 47.4 Å². The molecule has 0 aromatic heterocycles. The molecule has 0 aliphatic carbocycles. The zero-order valence-corrected chi connectivity index (χ0v) is 27.9. The topological polar surface area (TPSA) is 100 Å². The number of nitrogens with zero attached hydrogens (tertiary/aromatic N) is 1. The molecule has 1 aliphatic rings. The quantitative estimate of drug-likeness (QED) is 0.133. The minimum atomic E-state index is -0.646. The van der Waals surface area contributed by atoms with Crippen LogP contribution in [0.5, 0.6) is 0 Å². The molecule has 1 fully saturated rings. The fourth-order valence-corrected chi connectivity index (χ4v) is 6.08. The Labute approximate surface area is 283 Å². The van der Waals surface area contributed by atoms with Crippen LogP contribution in [-0.4, -0.2) is 53.6 Å². The molecule has 252 valence electrons. The van der Waals surface area contributed by atoms with Crippen molar-refractivity contribution in [2.75, 3.05) is 20.2 Å². The zero-order valence-electron chi connectivity index (χ0n) is 27.9. The Morgan fingerprint density at radius 1 is 0.958 bits per heavy atom. The van der Waals surface area contributed by atoms with Crippen molar-refractivity contribution in [3.05, 3.63) is 144 Å². The molecule has 1 heterocycles. The van der Waals surface area contributed by atoms with Crippen LogP contribution in [0, 0.1) is 5.92 Å². The Balaban J connectivity index is 1.36. The van der Waals surface area contributed by atoms with Crippen LogP contribution in [0.2, 0.25) is 0 Å². The number of aliphatic hydroxyl groups is 2. The Morgan fingerprint density at radius 2 is 1.62 bits per heavy atom. The molecule has 1 aliphatic heterocycles. The second-order valence-corrected chi connectivity index (χ2v) is 12.4. The maximum atomic E-state index is 12.0. The number of hydrogen-bond acceptors (Lipinski definition) is 7. The van der Waals surface area contributed by atoms with Gasteiger partial charge in [-0.15, -0.1) is 0 Å². The summed E-state index contributed by atoms with van der Waals surface area (Å²) in [6.07, 6.45) is -0.687. The summed E-state index contributed by atoms with van der Waals surface area (Å²) in [6.45, 7) is 8.78. The third-order valence-corrected chi connectivity index (χ3v) is 9.15. The summed E-state index contributed by atoms with van der Waals surface area (Å²) in [6, 6.07) is 33.5. The van der Waals surface area contributed by atoms with Crippen LogP contribution in [-0.2, 0) is 27.4 Å². The average molecular weight is 651 g/mol. The predicted octanol–water partition coefficient (Wildman–Crippen LogP) is 7.10. The zero-order chi connectivity index (χ0) is 34.0.